The van der Waals surface area contributed by atoms with E-state index in [0.717, 1.165) is 5.69 Å². The van der Waals surface area contributed by atoms with E-state index >= 15 is 0 Å². The summed E-state index contributed by atoms with van der Waals surface area (Å²) in [5.74, 6) is 0. The molecule has 2 amide bonds. The highest BCUT2D eigenvalue weighted by Gasteiger charge is 2.21. The minimum atomic E-state index is -0.154. The molecule has 18 heavy (non-hydrogen) atoms. The first-order valence-corrected chi connectivity index (χ1v) is 6.19. The third-order valence-electron chi connectivity index (χ3n) is 2.66. The Morgan fingerprint density at radius 3 is 2.44 bits per heavy atom. The van der Waals surface area contributed by atoms with E-state index in [9.17, 15) is 4.79 Å². The molecule has 1 rings (SSSR count). The standard InChI is InChI=1S/C13H20ClN3O/c1-13(2,8-15)9-17(3)12(18)16-11-6-4-10(14)5-7-11/h4-7H,8-9,15H2,1-3H3,(H,16,18). The molecule has 0 aliphatic carbocycles. The van der Waals surface area contributed by atoms with Crippen molar-refractivity contribution in [1.82, 2.24) is 4.90 Å². The molecule has 0 unspecified atom stereocenters. The maximum Gasteiger partial charge on any atom is 0.321 e. The van der Waals surface area contributed by atoms with Crippen molar-refractivity contribution in [2.24, 2.45) is 11.1 Å². The van der Waals surface area contributed by atoms with Crippen molar-refractivity contribution in [3.63, 3.8) is 0 Å². The SMILES string of the molecule is CN(CC(C)(C)CN)C(=O)Nc1ccc(Cl)cc1. The Morgan fingerprint density at radius 2 is 1.94 bits per heavy atom. The average molecular weight is 270 g/mol. The van der Waals surface area contributed by atoms with Gasteiger partial charge in [0.2, 0.25) is 0 Å². The lowest BCUT2D eigenvalue weighted by Crippen LogP contribution is -2.41. The van der Waals surface area contributed by atoms with E-state index in [2.05, 4.69) is 5.32 Å². The molecule has 1 aromatic carbocycles. The highest BCUT2D eigenvalue weighted by atomic mass is 35.5. The van der Waals surface area contributed by atoms with Crippen LogP contribution in [0.3, 0.4) is 0 Å². The number of anilines is 1. The van der Waals surface area contributed by atoms with Crippen molar-refractivity contribution in [2.75, 3.05) is 25.5 Å². The lowest BCUT2D eigenvalue weighted by Gasteiger charge is -2.29. The first kappa shape index (κ1) is 14.8. The highest BCUT2D eigenvalue weighted by Crippen LogP contribution is 2.16. The van der Waals surface area contributed by atoms with Crippen LogP contribution in [0.4, 0.5) is 10.5 Å². The van der Waals surface area contributed by atoms with Crippen LogP contribution in [0.1, 0.15) is 13.8 Å². The van der Waals surface area contributed by atoms with Gasteiger partial charge in [-0.05, 0) is 36.2 Å². The van der Waals surface area contributed by atoms with Crippen LogP contribution in [0.25, 0.3) is 0 Å². The van der Waals surface area contributed by atoms with Gasteiger partial charge in [-0.25, -0.2) is 4.79 Å². The van der Waals surface area contributed by atoms with E-state index in [1.165, 1.54) is 0 Å². The van der Waals surface area contributed by atoms with Crippen molar-refractivity contribution in [2.45, 2.75) is 13.8 Å². The van der Waals surface area contributed by atoms with Gasteiger partial charge in [-0.15, -0.1) is 0 Å². The van der Waals surface area contributed by atoms with Crippen LogP contribution in [-0.4, -0.2) is 31.1 Å². The van der Waals surface area contributed by atoms with Crippen molar-refractivity contribution >= 4 is 23.3 Å². The van der Waals surface area contributed by atoms with E-state index < -0.39 is 0 Å². The summed E-state index contributed by atoms with van der Waals surface area (Å²) >= 11 is 5.78. The molecule has 5 heteroatoms. The van der Waals surface area contributed by atoms with E-state index in [0.29, 0.717) is 18.1 Å². The first-order chi connectivity index (χ1) is 8.34. The summed E-state index contributed by atoms with van der Waals surface area (Å²) in [6.07, 6.45) is 0. The van der Waals surface area contributed by atoms with Gasteiger partial charge in [-0.3, -0.25) is 0 Å². The molecule has 0 spiro atoms. The lowest BCUT2D eigenvalue weighted by molar-refractivity contribution is 0.197. The Bertz CT molecular complexity index is 403. The van der Waals surface area contributed by atoms with Gasteiger partial charge in [0.1, 0.15) is 0 Å². The van der Waals surface area contributed by atoms with Crippen LogP contribution in [0, 0.1) is 5.41 Å². The first-order valence-electron chi connectivity index (χ1n) is 5.82. The normalized spacial score (nSPS) is 11.2. The molecule has 0 saturated heterocycles. The number of benzene rings is 1. The number of nitrogens with two attached hydrogens (primary N) is 1. The van der Waals surface area contributed by atoms with Crippen LogP contribution in [-0.2, 0) is 0 Å². The summed E-state index contributed by atoms with van der Waals surface area (Å²) in [5.41, 5.74) is 6.28. The van der Waals surface area contributed by atoms with Gasteiger partial charge >= 0.3 is 6.03 Å². The molecular weight excluding hydrogens is 250 g/mol. The van der Waals surface area contributed by atoms with Crippen LogP contribution >= 0.6 is 11.6 Å². The predicted molar refractivity (Wildman–Crippen MR) is 75.9 cm³/mol. The number of urea groups is 1. The Balaban J connectivity index is 2.57. The summed E-state index contributed by atoms with van der Waals surface area (Å²) < 4.78 is 0. The van der Waals surface area contributed by atoms with Gasteiger partial charge in [0.05, 0.1) is 0 Å². The predicted octanol–water partition coefficient (Wildman–Crippen LogP) is 2.79. The van der Waals surface area contributed by atoms with Crippen molar-refractivity contribution in [3.8, 4) is 0 Å². The molecule has 100 valence electrons. The number of nitrogens with zero attached hydrogens (tertiary/aromatic N) is 1. The van der Waals surface area contributed by atoms with E-state index in [4.69, 9.17) is 17.3 Å². The molecule has 0 saturated carbocycles. The monoisotopic (exact) mass is 269 g/mol. The smallest absolute Gasteiger partial charge is 0.321 e. The summed E-state index contributed by atoms with van der Waals surface area (Å²) in [4.78, 5) is 13.6. The van der Waals surface area contributed by atoms with Gasteiger partial charge < -0.3 is 16.0 Å². The molecule has 0 aliphatic rings. The molecule has 0 aliphatic heterocycles. The third-order valence-corrected chi connectivity index (χ3v) is 2.91. The Morgan fingerprint density at radius 1 is 1.39 bits per heavy atom. The second kappa shape index (κ2) is 6.07. The van der Waals surface area contributed by atoms with Crippen molar-refractivity contribution < 1.29 is 4.79 Å². The second-order valence-corrected chi connectivity index (χ2v) is 5.60. The summed E-state index contributed by atoms with van der Waals surface area (Å²) in [7, 11) is 1.75. The molecule has 0 heterocycles. The zero-order valence-corrected chi connectivity index (χ0v) is 11.8. The quantitative estimate of drug-likeness (QED) is 0.883. The molecule has 1 aromatic rings. The molecule has 0 radical (unpaired) electrons. The molecule has 4 nitrogen and oxygen atoms in total. The zero-order valence-electron chi connectivity index (χ0n) is 11.0. The van der Waals surface area contributed by atoms with Crippen LogP contribution < -0.4 is 11.1 Å². The topological polar surface area (TPSA) is 58.4 Å². The fraction of sp³-hybridized carbons (Fsp3) is 0.462. The van der Waals surface area contributed by atoms with Gasteiger partial charge in [-0.1, -0.05) is 25.4 Å². The number of hydrogen-bond acceptors (Lipinski definition) is 2. The van der Waals surface area contributed by atoms with Crippen molar-refractivity contribution in [3.05, 3.63) is 29.3 Å². The van der Waals surface area contributed by atoms with Crippen LogP contribution in [0.5, 0.6) is 0 Å². The summed E-state index contributed by atoms with van der Waals surface area (Å²) in [6, 6.07) is 6.85. The van der Waals surface area contributed by atoms with Gasteiger partial charge in [0, 0.05) is 24.3 Å². The van der Waals surface area contributed by atoms with Gasteiger partial charge in [0.25, 0.3) is 0 Å². The van der Waals surface area contributed by atoms with E-state index in [-0.39, 0.29) is 11.4 Å². The number of carbonyl (C=O) groups is 1. The van der Waals surface area contributed by atoms with E-state index in [1.807, 2.05) is 13.8 Å². The van der Waals surface area contributed by atoms with Gasteiger partial charge in [-0.2, -0.15) is 0 Å². The average Bonchev–Trinajstić information content (AvgIpc) is 2.31. The fourth-order valence-corrected chi connectivity index (χ4v) is 1.66. The van der Waals surface area contributed by atoms with Crippen LogP contribution in [0.15, 0.2) is 24.3 Å². The summed E-state index contributed by atoms with van der Waals surface area (Å²) in [5, 5.41) is 3.45. The Labute approximate surface area is 113 Å². The molecule has 3 N–H and O–H groups in total. The van der Waals surface area contributed by atoms with Gasteiger partial charge in [0.15, 0.2) is 0 Å². The lowest BCUT2D eigenvalue weighted by atomic mass is 9.93. The molecule has 0 atom stereocenters. The molecular formula is C13H20ClN3O. The van der Waals surface area contributed by atoms with Crippen LogP contribution in [0.2, 0.25) is 5.02 Å². The number of carbonyl (C=O) groups excluding carboxylic acids is 1. The number of nitrogens with one attached hydrogen (secondary N) is 1. The summed E-state index contributed by atoms with van der Waals surface area (Å²) in [6.45, 7) is 5.19. The molecule has 0 aromatic heterocycles. The maximum absolute atomic E-state index is 11.9. The number of rotatable bonds is 4. The minimum absolute atomic E-state index is 0.0912. The third kappa shape index (κ3) is 4.55. The highest BCUT2D eigenvalue weighted by molar-refractivity contribution is 6.30. The van der Waals surface area contributed by atoms with Crippen molar-refractivity contribution in [1.29, 1.82) is 0 Å². The minimum Gasteiger partial charge on any atom is -0.330 e. The van der Waals surface area contributed by atoms with E-state index in [1.54, 1.807) is 36.2 Å². The fourth-order valence-electron chi connectivity index (χ4n) is 1.53. The largest absolute Gasteiger partial charge is 0.330 e. The maximum atomic E-state index is 11.9. The molecule has 0 bridgehead atoms. The molecule has 0 fully saturated rings. The Hall–Kier alpha value is -1.26. The Kier molecular flexibility index (Phi) is 4.99. The number of amides is 2. The second-order valence-electron chi connectivity index (χ2n) is 5.16. The number of hydrogen-bond donors (Lipinski definition) is 2. The number of halogens is 1. The zero-order chi connectivity index (χ0) is 13.8.